The Balaban J connectivity index is 1.91. The van der Waals surface area contributed by atoms with Crippen molar-refractivity contribution in [2.75, 3.05) is 13.7 Å². The van der Waals surface area contributed by atoms with Gasteiger partial charge in [0.05, 0.1) is 13.2 Å². The molecule has 0 saturated heterocycles. The first-order valence-corrected chi connectivity index (χ1v) is 7.73. The zero-order valence-corrected chi connectivity index (χ0v) is 14.4. The predicted molar refractivity (Wildman–Crippen MR) is 90.9 cm³/mol. The Hall–Kier alpha value is -2.56. The molecule has 0 spiro atoms. The van der Waals surface area contributed by atoms with Gasteiger partial charge in [-0.05, 0) is 61.7 Å². The van der Waals surface area contributed by atoms with Gasteiger partial charge in [-0.1, -0.05) is 12.1 Å². The molecule has 4 nitrogen and oxygen atoms in total. The van der Waals surface area contributed by atoms with Crippen LogP contribution in [0.1, 0.15) is 29.7 Å². The second kappa shape index (κ2) is 7.81. The van der Waals surface area contributed by atoms with Crippen LogP contribution in [0.2, 0.25) is 0 Å². The lowest BCUT2D eigenvalue weighted by atomic mass is 10.1. The molecule has 0 radical (unpaired) electrons. The van der Waals surface area contributed by atoms with Crippen LogP contribution in [0.15, 0.2) is 36.4 Å². The molecular formula is C19H22FNO3. The van der Waals surface area contributed by atoms with Crippen LogP contribution in [-0.2, 0) is 4.79 Å². The average molecular weight is 331 g/mol. The van der Waals surface area contributed by atoms with E-state index in [1.165, 1.54) is 18.7 Å². The first-order valence-electron chi connectivity index (χ1n) is 7.73. The number of rotatable bonds is 6. The van der Waals surface area contributed by atoms with Gasteiger partial charge in [-0.3, -0.25) is 4.79 Å². The summed E-state index contributed by atoms with van der Waals surface area (Å²) in [6, 6.07) is 9.96. The summed E-state index contributed by atoms with van der Waals surface area (Å²) in [4.78, 5) is 12.0. The molecule has 1 amide bonds. The first-order chi connectivity index (χ1) is 11.4. The third-order valence-corrected chi connectivity index (χ3v) is 3.90. The van der Waals surface area contributed by atoms with Crippen molar-refractivity contribution in [3.63, 3.8) is 0 Å². The first kappa shape index (κ1) is 17.8. The standard InChI is InChI=1S/C19H22FNO3/c1-12-5-7-16(9-13(12)2)24-11-19(22)21-14(3)15-6-8-18(23-4)17(20)10-15/h5-10,14H,11H2,1-4H3,(H,21,22)/t14-/m0/s1. The van der Waals surface area contributed by atoms with Crippen molar-refractivity contribution in [1.82, 2.24) is 5.32 Å². The van der Waals surface area contributed by atoms with Gasteiger partial charge < -0.3 is 14.8 Å². The van der Waals surface area contributed by atoms with Crippen LogP contribution in [0, 0.1) is 19.7 Å². The number of carbonyl (C=O) groups is 1. The summed E-state index contributed by atoms with van der Waals surface area (Å²) in [6.07, 6.45) is 0. The summed E-state index contributed by atoms with van der Waals surface area (Å²) >= 11 is 0. The number of halogens is 1. The molecule has 0 fully saturated rings. The molecule has 0 heterocycles. The van der Waals surface area contributed by atoms with Crippen molar-refractivity contribution >= 4 is 5.91 Å². The topological polar surface area (TPSA) is 47.6 Å². The molecule has 5 heteroatoms. The number of hydrogen-bond donors (Lipinski definition) is 1. The van der Waals surface area contributed by atoms with E-state index >= 15 is 0 Å². The third-order valence-electron chi connectivity index (χ3n) is 3.90. The van der Waals surface area contributed by atoms with Gasteiger partial charge in [0.15, 0.2) is 18.2 Å². The zero-order valence-electron chi connectivity index (χ0n) is 14.4. The highest BCUT2D eigenvalue weighted by atomic mass is 19.1. The summed E-state index contributed by atoms with van der Waals surface area (Å²) in [6.45, 7) is 5.70. The monoisotopic (exact) mass is 331 g/mol. The van der Waals surface area contributed by atoms with Crippen LogP contribution >= 0.6 is 0 Å². The number of hydrogen-bond acceptors (Lipinski definition) is 3. The lowest BCUT2D eigenvalue weighted by Crippen LogP contribution is -2.31. The van der Waals surface area contributed by atoms with Crippen molar-refractivity contribution < 1.29 is 18.7 Å². The largest absolute Gasteiger partial charge is 0.494 e. The Morgan fingerprint density at radius 3 is 2.54 bits per heavy atom. The fourth-order valence-corrected chi connectivity index (χ4v) is 2.27. The second-order valence-electron chi connectivity index (χ2n) is 5.72. The molecule has 0 saturated carbocycles. The molecule has 128 valence electrons. The molecule has 2 aromatic rings. The molecule has 2 aromatic carbocycles. The van der Waals surface area contributed by atoms with Gasteiger partial charge in [-0.2, -0.15) is 0 Å². The van der Waals surface area contributed by atoms with Crippen LogP contribution in [-0.4, -0.2) is 19.6 Å². The molecule has 0 unspecified atom stereocenters. The average Bonchev–Trinajstić information content (AvgIpc) is 2.55. The van der Waals surface area contributed by atoms with E-state index in [1.807, 2.05) is 32.0 Å². The van der Waals surface area contributed by atoms with Gasteiger partial charge in [0.25, 0.3) is 5.91 Å². The fourth-order valence-electron chi connectivity index (χ4n) is 2.27. The van der Waals surface area contributed by atoms with E-state index in [2.05, 4.69) is 5.32 Å². The molecule has 2 rings (SSSR count). The number of methoxy groups -OCH3 is 1. The minimum Gasteiger partial charge on any atom is -0.494 e. The Labute approximate surface area is 141 Å². The summed E-state index contributed by atoms with van der Waals surface area (Å²) < 4.78 is 24.1. The third kappa shape index (κ3) is 4.47. The minimum absolute atomic E-state index is 0.0918. The number of carbonyl (C=O) groups excluding carboxylic acids is 1. The van der Waals surface area contributed by atoms with Crippen molar-refractivity contribution in [2.45, 2.75) is 26.8 Å². The SMILES string of the molecule is COc1ccc([C@H](C)NC(=O)COc2ccc(C)c(C)c2)cc1F. The van der Waals surface area contributed by atoms with E-state index in [0.29, 0.717) is 11.3 Å². The highest BCUT2D eigenvalue weighted by molar-refractivity contribution is 5.78. The lowest BCUT2D eigenvalue weighted by Gasteiger charge is -2.16. The van der Waals surface area contributed by atoms with E-state index in [9.17, 15) is 9.18 Å². The Kier molecular flexibility index (Phi) is 5.79. The minimum atomic E-state index is -0.456. The highest BCUT2D eigenvalue weighted by Gasteiger charge is 2.13. The van der Waals surface area contributed by atoms with Crippen LogP contribution in [0.25, 0.3) is 0 Å². The van der Waals surface area contributed by atoms with Crippen molar-refractivity contribution in [3.8, 4) is 11.5 Å². The highest BCUT2D eigenvalue weighted by Crippen LogP contribution is 2.21. The van der Waals surface area contributed by atoms with Crippen molar-refractivity contribution in [1.29, 1.82) is 0 Å². The van der Waals surface area contributed by atoms with Gasteiger partial charge in [0.2, 0.25) is 0 Å². The number of nitrogens with one attached hydrogen (secondary N) is 1. The van der Waals surface area contributed by atoms with Gasteiger partial charge >= 0.3 is 0 Å². The number of aryl methyl sites for hydroxylation is 2. The van der Waals surface area contributed by atoms with E-state index in [0.717, 1.165) is 5.56 Å². The van der Waals surface area contributed by atoms with Crippen molar-refractivity contribution in [2.24, 2.45) is 0 Å². The van der Waals surface area contributed by atoms with Gasteiger partial charge in [-0.25, -0.2) is 4.39 Å². The van der Waals surface area contributed by atoms with Crippen molar-refractivity contribution in [3.05, 3.63) is 58.9 Å². The van der Waals surface area contributed by atoms with E-state index in [1.54, 1.807) is 19.1 Å². The van der Waals surface area contributed by atoms with E-state index in [4.69, 9.17) is 9.47 Å². The summed E-state index contributed by atoms with van der Waals surface area (Å²) in [5.74, 6) is 0.103. The number of amides is 1. The van der Waals surface area contributed by atoms with Gasteiger partial charge in [0, 0.05) is 0 Å². The summed E-state index contributed by atoms with van der Waals surface area (Å²) in [5, 5.41) is 2.79. The summed E-state index contributed by atoms with van der Waals surface area (Å²) in [7, 11) is 1.41. The normalized spacial score (nSPS) is 11.7. The molecule has 0 aliphatic rings. The lowest BCUT2D eigenvalue weighted by molar-refractivity contribution is -0.123. The smallest absolute Gasteiger partial charge is 0.258 e. The molecule has 24 heavy (non-hydrogen) atoms. The fraction of sp³-hybridized carbons (Fsp3) is 0.316. The molecule has 0 bridgehead atoms. The quantitative estimate of drug-likeness (QED) is 0.878. The van der Waals surface area contributed by atoms with Crippen LogP contribution < -0.4 is 14.8 Å². The molecule has 0 aliphatic carbocycles. The van der Waals surface area contributed by atoms with Gasteiger partial charge in [0.1, 0.15) is 5.75 Å². The molecule has 1 N–H and O–H groups in total. The van der Waals surface area contributed by atoms with E-state index < -0.39 is 5.82 Å². The molecule has 0 aliphatic heterocycles. The summed E-state index contributed by atoms with van der Waals surface area (Å²) in [5.41, 5.74) is 2.93. The maximum absolute atomic E-state index is 13.7. The Morgan fingerprint density at radius 2 is 1.92 bits per heavy atom. The number of benzene rings is 2. The molecule has 1 atom stereocenters. The zero-order chi connectivity index (χ0) is 17.7. The number of ether oxygens (including phenoxy) is 2. The predicted octanol–water partition coefficient (Wildman–Crippen LogP) is 3.71. The van der Waals surface area contributed by atoms with E-state index in [-0.39, 0.29) is 24.3 Å². The van der Waals surface area contributed by atoms with Crippen LogP contribution in [0.5, 0.6) is 11.5 Å². The van der Waals surface area contributed by atoms with Gasteiger partial charge in [-0.15, -0.1) is 0 Å². The second-order valence-corrected chi connectivity index (χ2v) is 5.72. The van der Waals surface area contributed by atoms with Crippen LogP contribution in [0.4, 0.5) is 4.39 Å². The molecule has 0 aromatic heterocycles. The Bertz CT molecular complexity index is 731. The van der Waals surface area contributed by atoms with Crippen LogP contribution in [0.3, 0.4) is 0 Å². The molecular weight excluding hydrogens is 309 g/mol. The maximum atomic E-state index is 13.7. The maximum Gasteiger partial charge on any atom is 0.258 e. The Morgan fingerprint density at radius 1 is 1.17 bits per heavy atom.